The maximum Gasteiger partial charge on any atom is 0.287 e. The Labute approximate surface area is 83.5 Å². The van der Waals surface area contributed by atoms with E-state index in [2.05, 4.69) is 5.32 Å². The van der Waals surface area contributed by atoms with Gasteiger partial charge < -0.3 is 15.5 Å². The molecular weight excluding hydrogens is 180 g/mol. The summed E-state index contributed by atoms with van der Waals surface area (Å²) in [4.78, 5) is 11.5. The first-order chi connectivity index (χ1) is 6.40. The van der Waals surface area contributed by atoms with E-state index in [1.807, 2.05) is 20.8 Å². The molecule has 78 valence electrons. The molecule has 1 heterocycles. The summed E-state index contributed by atoms with van der Waals surface area (Å²) in [6.45, 7) is 5.95. The number of furan rings is 1. The van der Waals surface area contributed by atoms with E-state index < -0.39 is 5.54 Å². The molecule has 0 atom stereocenters. The van der Waals surface area contributed by atoms with Gasteiger partial charge in [0.05, 0.1) is 6.26 Å². The number of aryl methyl sites for hydroxylation is 1. The van der Waals surface area contributed by atoms with Crippen LogP contribution in [0.3, 0.4) is 0 Å². The maximum absolute atomic E-state index is 11.5. The number of rotatable bonds is 3. The monoisotopic (exact) mass is 196 g/mol. The number of hydrogen-bond acceptors (Lipinski definition) is 3. The van der Waals surface area contributed by atoms with E-state index in [4.69, 9.17) is 10.2 Å². The van der Waals surface area contributed by atoms with E-state index in [-0.39, 0.29) is 5.91 Å². The molecule has 0 unspecified atom stereocenters. The fourth-order valence-corrected chi connectivity index (χ4v) is 0.994. The summed E-state index contributed by atoms with van der Waals surface area (Å²) < 4.78 is 5.04. The van der Waals surface area contributed by atoms with Crippen molar-refractivity contribution in [3.05, 3.63) is 23.7 Å². The summed E-state index contributed by atoms with van der Waals surface area (Å²) in [6, 6.07) is 1.75. The molecule has 0 aliphatic heterocycles. The minimum absolute atomic E-state index is 0.217. The lowest BCUT2D eigenvalue weighted by Gasteiger charge is -2.18. The number of nitrogens with one attached hydrogen (secondary N) is 1. The van der Waals surface area contributed by atoms with Crippen LogP contribution in [0, 0.1) is 6.92 Å². The molecule has 0 saturated carbocycles. The molecule has 0 bridgehead atoms. The Bertz CT molecular complexity index is 323. The summed E-state index contributed by atoms with van der Waals surface area (Å²) in [5.74, 6) is 0.139. The van der Waals surface area contributed by atoms with Gasteiger partial charge in [-0.1, -0.05) is 0 Å². The number of hydrogen-bond donors (Lipinski definition) is 2. The lowest BCUT2D eigenvalue weighted by molar-refractivity contribution is 0.0917. The van der Waals surface area contributed by atoms with Gasteiger partial charge in [-0.15, -0.1) is 0 Å². The van der Waals surface area contributed by atoms with Crippen LogP contribution in [0.1, 0.15) is 30.0 Å². The van der Waals surface area contributed by atoms with Crippen molar-refractivity contribution in [1.29, 1.82) is 0 Å². The molecule has 14 heavy (non-hydrogen) atoms. The van der Waals surface area contributed by atoms with Gasteiger partial charge in [0.2, 0.25) is 0 Å². The molecule has 0 aliphatic rings. The Morgan fingerprint density at radius 3 is 2.71 bits per heavy atom. The van der Waals surface area contributed by atoms with Crippen molar-refractivity contribution in [2.24, 2.45) is 5.73 Å². The van der Waals surface area contributed by atoms with E-state index in [1.165, 1.54) is 6.26 Å². The van der Waals surface area contributed by atoms with Crippen molar-refractivity contribution in [3.8, 4) is 0 Å². The van der Waals surface area contributed by atoms with Crippen LogP contribution in [-0.4, -0.2) is 18.0 Å². The topological polar surface area (TPSA) is 68.3 Å². The van der Waals surface area contributed by atoms with Crippen LogP contribution in [0.2, 0.25) is 0 Å². The molecule has 4 nitrogen and oxygen atoms in total. The van der Waals surface area contributed by atoms with Crippen molar-refractivity contribution >= 4 is 5.91 Å². The second-order valence-electron chi connectivity index (χ2n) is 4.10. The molecule has 0 aromatic carbocycles. The molecule has 0 radical (unpaired) electrons. The van der Waals surface area contributed by atoms with Gasteiger partial charge in [0, 0.05) is 17.6 Å². The first-order valence-electron chi connectivity index (χ1n) is 4.51. The van der Waals surface area contributed by atoms with E-state index in [0.29, 0.717) is 12.3 Å². The average Bonchev–Trinajstić information content (AvgIpc) is 2.46. The van der Waals surface area contributed by atoms with Crippen LogP contribution in [0.25, 0.3) is 0 Å². The highest BCUT2D eigenvalue weighted by Gasteiger charge is 2.16. The Morgan fingerprint density at radius 2 is 2.29 bits per heavy atom. The van der Waals surface area contributed by atoms with Gasteiger partial charge in [-0.25, -0.2) is 0 Å². The number of nitrogens with two attached hydrogens (primary N) is 1. The van der Waals surface area contributed by atoms with Crippen molar-refractivity contribution in [2.45, 2.75) is 26.3 Å². The summed E-state index contributed by atoms with van der Waals surface area (Å²) in [6.07, 6.45) is 1.50. The number of carbonyl (C=O) groups is 1. The average molecular weight is 196 g/mol. The molecule has 0 aliphatic carbocycles. The Hall–Kier alpha value is -1.29. The number of carbonyl (C=O) groups excluding carboxylic acids is 1. The fraction of sp³-hybridized carbons (Fsp3) is 0.500. The lowest BCUT2D eigenvalue weighted by Crippen LogP contribution is -2.45. The van der Waals surface area contributed by atoms with Crippen LogP contribution in [0.5, 0.6) is 0 Å². The molecule has 0 fully saturated rings. The van der Waals surface area contributed by atoms with Crippen LogP contribution < -0.4 is 11.1 Å². The standard InChI is InChI=1S/C10H16N2O2/c1-7-4-5-14-8(7)9(13)12-6-10(2,3)11/h4-5H,6,11H2,1-3H3,(H,12,13). The molecule has 1 aromatic heterocycles. The molecule has 1 aromatic rings. The van der Waals surface area contributed by atoms with Crippen LogP contribution in [-0.2, 0) is 0 Å². The maximum atomic E-state index is 11.5. The Kier molecular flexibility index (Phi) is 2.96. The Morgan fingerprint density at radius 1 is 1.64 bits per heavy atom. The van der Waals surface area contributed by atoms with Gasteiger partial charge >= 0.3 is 0 Å². The SMILES string of the molecule is Cc1ccoc1C(=O)NCC(C)(C)N. The van der Waals surface area contributed by atoms with Crippen molar-refractivity contribution < 1.29 is 9.21 Å². The molecule has 1 amide bonds. The van der Waals surface area contributed by atoms with Crippen molar-refractivity contribution in [2.75, 3.05) is 6.54 Å². The van der Waals surface area contributed by atoms with E-state index in [0.717, 1.165) is 5.56 Å². The summed E-state index contributed by atoms with van der Waals surface area (Å²) in [7, 11) is 0. The zero-order chi connectivity index (χ0) is 10.8. The largest absolute Gasteiger partial charge is 0.459 e. The van der Waals surface area contributed by atoms with Crippen molar-refractivity contribution in [3.63, 3.8) is 0 Å². The van der Waals surface area contributed by atoms with E-state index in [1.54, 1.807) is 6.07 Å². The molecular formula is C10H16N2O2. The van der Waals surface area contributed by atoms with Gasteiger partial charge in [0.25, 0.3) is 5.91 Å². The smallest absolute Gasteiger partial charge is 0.287 e. The van der Waals surface area contributed by atoms with Gasteiger partial charge in [0.15, 0.2) is 5.76 Å². The highest BCUT2D eigenvalue weighted by atomic mass is 16.3. The molecule has 0 spiro atoms. The molecule has 4 heteroatoms. The number of amides is 1. The molecule has 0 saturated heterocycles. The Balaban J connectivity index is 2.56. The van der Waals surface area contributed by atoms with E-state index >= 15 is 0 Å². The lowest BCUT2D eigenvalue weighted by atomic mass is 10.1. The first-order valence-corrected chi connectivity index (χ1v) is 4.51. The third kappa shape index (κ3) is 2.88. The fourth-order valence-electron chi connectivity index (χ4n) is 0.994. The van der Waals surface area contributed by atoms with Gasteiger partial charge in [-0.05, 0) is 26.8 Å². The normalized spacial score (nSPS) is 11.4. The predicted molar refractivity (Wildman–Crippen MR) is 54.0 cm³/mol. The van der Waals surface area contributed by atoms with E-state index in [9.17, 15) is 4.79 Å². The summed E-state index contributed by atoms with van der Waals surface area (Å²) in [5, 5.41) is 2.71. The van der Waals surface area contributed by atoms with Crippen LogP contribution >= 0.6 is 0 Å². The highest BCUT2D eigenvalue weighted by Crippen LogP contribution is 2.08. The first kappa shape index (κ1) is 10.8. The third-order valence-electron chi connectivity index (χ3n) is 1.77. The second kappa shape index (κ2) is 3.84. The third-order valence-corrected chi connectivity index (χ3v) is 1.77. The summed E-state index contributed by atoms with van der Waals surface area (Å²) >= 11 is 0. The molecule has 1 rings (SSSR count). The van der Waals surface area contributed by atoms with Crippen LogP contribution in [0.4, 0.5) is 0 Å². The van der Waals surface area contributed by atoms with Gasteiger partial charge in [0.1, 0.15) is 0 Å². The van der Waals surface area contributed by atoms with Gasteiger partial charge in [-0.2, -0.15) is 0 Å². The predicted octanol–water partition coefficient (Wildman–Crippen LogP) is 1.06. The van der Waals surface area contributed by atoms with Crippen molar-refractivity contribution in [1.82, 2.24) is 5.32 Å². The minimum Gasteiger partial charge on any atom is -0.459 e. The second-order valence-corrected chi connectivity index (χ2v) is 4.10. The molecule has 3 N–H and O–H groups in total. The highest BCUT2D eigenvalue weighted by molar-refractivity contribution is 5.92. The zero-order valence-corrected chi connectivity index (χ0v) is 8.76. The minimum atomic E-state index is -0.407. The summed E-state index contributed by atoms with van der Waals surface area (Å²) in [5.41, 5.74) is 6.15. The quantitative estimate of drug-likeness (QED) is 0.759. The van der Waals surface area contributed by atoms with Crippen LogP contribution in [0.15, 0.2) is 16.7 Å². The van der Waals surface area contributed by atoms with Gasteiger partial charge in [-0.3, -0.25) is 4.79 Å². The zero-order valence-electron chi connectivity index (χ0n) is 8.76.